The number of allylic oxidation sites excluding steroid dienone is 4. The fourth-order valence-electron chi connectivity index (χ4n) is 2.55. The van der Waals surface area contributed by atoms with Gasteiger partial charge in [-0.3, -0.25) is 0 Å². The van der Waals surface area contributed by atoms with Crippen LogP contribution in [0.4, 0.5) is 5.82 Å². The minimum atomic E-state index is -1.01. The Morgan fingerprint density at radius 1 is 1.33 bits per heavy atom. The van der Waals surface area contributed by atoms with Gasteiger partial charge in [-0.15, -0.1) is 0 Å². The van der Waals surface area contributed by atoms with E-state index in [-0.39, 0.29) is 0 Å². The van der Waals surface area contributed by atoms with E-state index in [2.05, 4.69) is 45.6 Å². The van der Waals surface area contributed by atoms with Crippen LogP contribution in [0.25, 0.3) is 0 Å². The fraction of sp³-hybridized carbons (Fsp3) is 0.320. The number of aliphatic hydroxyl groups is 2. The number of nitrogens with one attached hydrogen (secondary N) is 1. The summed E-state index contributed by atoms with van der Waals surface area (Å²) in [7, 11) is 0. The summed E-state index contributed by atoms with van der Waals surface area (Å²) in [5.41, 5.74) is 2.03. The molecule has 0 aliphatic rings. The molecule has 11 heteroatoms. The van der Waals surface area contributed by atoms with E-state index in [0.717, 1.165) is 5.57 Å². The summed E-state index contributed by atoms with van der Waals surface area (Å²) < 4.78 is 12.1. The molecule has 0 spiro atoms. The van der Waals surface area contributed by atoms with Crippen LogP contribution in [-0.2, 0) is 0 Å². The van der Waals surface area contributed by atoms with Gasteiger partial charge in [0.1, 0.15) is 0 Å². The second-order valence-electron chi connectivity index (χ2n) is 7.78. The molecule has 3 aromatic rings. The van der Waals surface area contributed by atoms with E-state index in [4.69, 9.17) is 14.6 Å². The van der Waals surface area contributed by atoms with Crippen LogP contribution in [0.5, 0.6) is 17.2 Å². The Morgan fingerprint density at radius 3 is 2.72 bits per heavy atom. The van der Waals surface area contributed by atoms with Crippen LogP contribution in [0.15, 0.2) is 65.7 Å². The minimum absolute atomic E-state index is 0.294. The van der Waals surface area contributed by atoms with Crippen molar-refractivity contribution in [1.82, 2.24) is 20.2 Å². The fourth-order valence-corrected chi connectivity index (χ4v) is 3.32. The van der Waals surface area contributed by atoms with Crippen molar-refractivity contribution in [3.8, 4) is 17.2 Å². The Balaban J connectivity index is 0.00000145. The number of hydrogen-bond donors (Lipinski definition) is 3. The smallest absolute Gasteiger partial charge is 0.0590 e. The van der Waals surface area contributed by atoms with E-state index in [9.17, 15) is 5.11 Å². The van der Waals surface area contributed by atoms with Crippen LogP contribution in [0.1, 0.15) is 51.5 Å². The molecule has 0 radical (unpaired) electrons. The third-order valence-corrected chi connectivity index (χ3v) is 5.07. The molecular weight excluding hydrogens is 477 g/mol. The van der Waals surface area contributed by atoms with Crippen molar-refractivity contribution in [3.63, 3.8) is 0 Å². The molecule has 3 aromatic heterocycles. The summed E-state index contributed by atoms with van der Waals surface area (Å²) in [6.45, 7) is 13.2. The first-order valence-electron chi connectivity index (χ1n) is 11.4. The number of aryl methyl sites for hydroxylation is 1. The van der Waals surface area contributed by atoms with Crippen molar-refractivity contribution < 1.29 is 19.7 Å². The maximum absolute atomic E-state index is 9.81. The zero-order chi connectivity index (χ0) is 26.5. The van der Waals surface area contributed by atoms with E-state index in [1.54, 1.807) is 43.6 Å². The number of hydrogen-bond acceptors (Lipinski definition) is 9. The molecule has 36 heavy (non-hydrogen) atoms. The van der Waals surface area contributed by atoms with Crippen LogP contribution in [0, 0.1) is 6.92 Å². The molecule has 0 bridgehead atoms. The van der Waals surface area contributed by atoms with Gasteiger partial charge in [0.05, 0.1) is 0 Å². The standard InChI is InChI=1S/C22H24BN5O4S.C3H8/c1-5-6-7-17(13(2)3)31-15-10-19(32-18-8-9-25-28-14(18)4)21(24-11-15)27-22-26-20(23-33-22)16(30)12-29;1-3-2/h5-11,16,29-30H,1,12H2,2-4H3,(H,24,26,27);3H2,1-2H3/b7-6-;. The normalized spacial score (nSPS) is 11.9. The summed E-state index contributed by atoms with van der Waals surface area (Å²) >= 11 is 1.27. The van der Waals surface area contributed by atoms with E-state index < -0.39 is 12.7 Å². The van der Waals surface area contributed by atoms with Gasteiger partial charge >= 0.3 is 189 Å². The largest absolute Gasteiger partial charge is 0.0656 e. The third kappa shape index (κ3) is 8.67. The molecule has 3 N–H and O–H groups in total. The molecule has 0 aliphatic carbocycles. The van der Waals surface area contributed by atoms with Gasteiger partial charge in [-0.2, -0.15) is 0 Å². The number of ether oxygens (including phenoxy) is 2. The van der Waals surface area contributed by atoms with Crippen molar-refractivity contribution in [3.05, 3.63) is 76.8 Å². The average molecular weight is 509 g/mol. The molecule has 0 saturated heterocycles. The van der Waals surface area contributed by atoms with Gasteiger partial charge in [-0.1, -0.05) is 26.8 Å². The number of pyridine rings is 1. The molecule has 3 heterocycles. The van der Waals surface area contributed by atoms with Gasteiger partial charge in [0.15, 0.2) is 0 Å². The number of aromatic nitrogens is 4. The number of H-pyrrole nitrogens is 1. The Hall–Kier alpha value is -3.41. The number of rotatable bonds is 9. The molecule has 190 valence electrons. The molecule has 0 aliphatic heterocycles. The van der Waals surface area contributed by atoms with Crippen LogP contribution < -0.4 is 14.3 Å². The Labute approximate surface area is 215 Å². The van der Waals surface area contributed by atoms with Crippen molar-refractivity contribution in [2.24, 2.45) is 4.99 Å². The summed E-state index contributed by atoms with van der Waals surface area (Å²) in [6, 6.07) is 3.38. The molecule has 9 nitrogen and oxygen atoms in total. The van der Waals surface area contributed by atoms with Crippen molar-refractivity contribution in [2.45, 2.75) is 47.1 Å². The molecule has 3 rings (SSSR count). The molecule has 1 unspecified atom stereocenters. The van der Waals surface area contributed by atoms with Crippen LogP contribution in [0.2, 0.25) is 0 Å². The van der Waals surface area contributed by atoms with E-state index >= 15 is 0 Å². The third-order valence-electron chi connectivity index (χ3n) is 4.28. The molecule has 0 amide bonds. The molecule has 0 fully saturated rings. The minimum Gasteiger partial charge on any atom is -0.0656 e. The first-order valence-corrected chi connectivity index (χ1v) is 12.3. The number of aromatic amines is 1. The van der Waals surface area contributed by atoms with E-state index in [0.29, 0.717) is 44.9 Å². The Bertz CT molecular complexity index is 1270. The zero-order valence-corrected chi connectivity index (χ0v) is 22.0. The summed E-state index contributed by atoms with van der Waals surface area (Å²) in [5, 5.41) is 26.8. The summed E-state index contributed by atoms with van der Waals surface area (Å²) in [6.07, 6.45) is 10.3. The van der Waals surface area contributed by atoms with Crippen LogP contribution in [0.3, 0.4) is 0 Å². The maximum Gasteiger partial charge on any atom is -0.0590 e. The SMILES string of the molecule is C=C/C=C\C(Oc1cnc(/N=c2/[nH]c(C(O)CO)bs2)c(Oc2ccnnc2C)c1)=C(C)C.CCC. The van der Waals surface area contributed by atoms with Gasteiger partial charge in [0, 0.05) is 0 Å². The van der Waals surface area contributed by atoms with Gasteiger partial charge in [-0.25, -0.2) is 0 Å². The van der Waals surface area contributed by atoms with Gasteiger partial charge in [0.25, 0.3) is 0 Å². The topological polar surface area (TPSA) is 126 Å². The second-order valence-corrected chi connectivity index (χ2v) is 8.63. The monoisotopic (exact) mass is 509 g/mol. The van der Waals surface area contributed by atoms with Crippen molar-refractivity contribution in [2.75, 3.05) is 6.61 Å². The summed E-state index contributed by atoms with van der Waals surface area (Å²) in [5.74, 6) is 2.25. The molecular formula is C25H32BN5O4S. The van der Waals surface area contributed by atoms with Gasteiger partial charge in [0.2, 0.25) is 0 Å². The number of nitrogens with zero attached hydrogens (tertiary/aromatic N) is 4. The average Bonchev–Trinajstić information content (AvgIpc) is 3.33. The second kappa shape index (κ2) is 14.9. The Kier molecular flexibility index (Phi) is 11.9. The molecule has 1 atom stereocenters. The predicted octanol–water partition coefficient (Wildman–Crippen LogP) is 4.79. The van der Waals surface area contributed by atoms with Crippen molar-refractivity contribution in [1.29, 1.82) is 0 Å². The quantitative estimate of drug-likeness (QED) is 0.280. The van der Waals surface area contributed by atoms with Crippen LogP contribution in [-0.4, -0.2) is 43.2 Å². The predicted molar refractivity (Wildman–Crippen MR) is 143 cm³/mol. The molecule has 0 saturated carbocycles. The van der Waals surface area contributed by atoms with Crippen molar-refractivity contribution >= 4 is 23.2 Å². The van der Waals surface area contributed by atoms with Crippen LogP contribution >= 0.6 is 11.2 Å². The first-order chi connectivity index (χ1) is 17.3. The Morgan fingerprint density at radius 2 is 2.08 bits per heavy atom. The molecule has 0 aromatic carbocycles. The van der Waals surface area contributed by atoms with E-state index in [1.165, 1.54) is 23.8 Å². The van der Waals surface area contributed by atoms with E-state index in [1.807, 2.05) is 19.9 Å². The number of aliphatic hydroxyl groups excluding tert-OH is 2. The van der Waals surface area contributed by atoms with Gasteiger partial charge in [-0.05, 0) is 0 Å². The maximum atomic E-state index is 9.81. The zero-order valence-electron chi connectivity index (χ0n) is 21.2. The summed E-state index contributed by atoms with van der Waals surface area (Å²) in [4.78, 5) is 12.4. The first kappa shape index (κ1) is 28.8. The van der Waals surface area contributed by atoms with Gasteiger partial charge < -0.3 is 0 Å².